The molecule has 1 saturated heterocycles. The molecule has 104 valence electrons. The zero-order valence-electron chi connectivity index (χ0n) is 9.51. The minimum atomic E-state index is -3.72. The third kappa shape index (κ3) is 3.60. The molecule has 0 radical (unpaired) electrons. The minimum absolute atomic E-state index is 0.0180. The van der Waals surface area contributed by atoms with E-state index >= 15 is 0 Å². The van der Waals surface area contributed by atoms with Crippen molar-refractivity contribution in [1.82, 2.24) is 4.98 Å². The van der Waals surface area contributed by atoms with Crippen LogP contribution in [0.5, 0.6) is 0 Å². The van der Waals surface area contributed by atoms with E-state index in [4.69, 9.17) is 10.7 Å². The highest BCUT2D eigenvalue weighted by molar-refractivity contribution is 8.13. The van der Waals surface area contributed by atoms with Crippen LogP contribution in [0.1, 0.15) is 6.42 Å². The topological polar surface area (TPSA) is 67.3 Å². The lowest BCUT2D eigenvalue weighted by atomic mass is 10.1. The predicted octanol–water partition coefficient (Wildman–Crippen LogP) is 1.28. The van der Waals surface area contributed by atoms with Crippen LogP contribution in [-0.2, 0) is 13.8 Å². The van der Waals surface area contributed by atoms with Gasteiger partial charge in [-0.2, -0.15) is 13.8 Å². The van der Waals surface area contributed by atoms with Crippen molar-refractivity contribution in [3.63, 3.8) is 0 Å². The van der Waals surface area contributed by atoms with Gasteiger partial charge in [0.15, 0.2) is 0 Å². The molecule has 0 N–H and O–H groups in total. The van der Waals surface area contributed by atoms with E-state index in [1.165, 1.54) is 0 Å². The average Bonchev–Trinajstić information content (AvgIpc) is 2.54. The van der Waals surface area contributed by atoms with Gasteiger partial charge in [0, 0.05) is 41.7 Å². The quantitative estimate of drug-likeness (QED) is 0.623. The molecule has 1 fully saturated rings. The molecule has 1 aromatic rings. The first kappa shape index (κ1) is 14.1. The molecule has 0 saturated carbocycles. The molecule has 2 heterocycles. The van der Waals surface area contributed by atoms with Crippen LogP contribution < -0.4 is 4.90 Å². The molecule has 1 atom stereocenters. The summed E-state index contributed by atoms with van der Waals surface area (Å²) in [6, 6.07) is 1.83. The van der Waals surface area contributed by atoms with Crippen molar-refractivity contribution in [3.05, 3.63) is 24.0 Å². The third-order valence-electron chi connectivity index (χ3n) is 2.70. The lowest BCUT2D eigenvalue weighted by Gasteiger charge is -2.16. The summed E-state index contributed by atoms with van der Waals surface area (Å²) in [6.45, 7) is 0.0493. The van der Waals surface area contributed by atoms with Gasteiger partial charge >= 0.3 is 0 Å². The zero-order valence-corrected chi connectivity index (χ0v) is 11.1. The van der Waals surface area contributed by atoms with Crippen molar-refractivity contribution < 1.29 is 22.0 Å². The van der Waals surface area contributed by atoms with Crippen molar-refractivity contribution in [2.75, 3.05) is 17.2 Å². The molecule has 1 aromatic heterocycles. The number of aromatic nitrogens is 1. The van der Waals surface area contributed by atoms with Gasteiger partial charge in [-0.05, 0) is 0 Å². The molecule has 9 heteroatoms. The van der Waals surface area contributed by atoms with E-state index in [1.807, 2.05) is 0 Å². The van der Waals surface area contributed by atoms with E-state index in [9.17, 15) is 22.0 Å². The van der Waals surface area contributed by atoms with E-state index < -0.39 is 32.8 Å². The molecular formula is C10H9ClF2N2O3S. The summed E-state index contributed by atoms with van der Waals surface area (Å²) in [5.74, 6) is -3.34. The van der Waals surface area contributed by atoms with E-state index in [-0.39, 0.29) is 24.4 Å². The molecule has 5 nitrogen and oxygen atoms in total. The van der Waals surface area contributed by atoms with Gasteiger partial charge in [0.25, 0.3) is 0 Å². The van der Waals surface area contributed by atoms with Crippen LogP contribution in [0.15, 0.2) is 12.1 Å². The Labute approximate surface area is 112 Å². The van der Waals surface area contributed by atoms with Gasteiger partial charge in [0.2, 0.25) is 26.9 Å². The molecule has 2 rings (SSSR count). The maximum Gasteiger partial charge on any atom is 0.232 e. The van der Waals surface area contributed by atoms with Gasteiger partial charge in [-0.15, -0.1) is 0 Å². The molecule has 19 heavy (non-hydrogen) atoms. The highest BCUT2D eigenvalue weighted by Crippen LogP contribution is 2.27. The summed E-state index contributed by atoms with van der Waals surface area (Å²) in [5, 5.41) is 0. The van der Waals surface area contributed by atoms with E-state index in [2.05, 4.69) is 4.98 Å². The molecule has 1 aliphatic heterocycles. The average molecular weight is 311 g/mol. The van der Waals surface area contributed by atoms with Gasteiger partial charge in [0.1, 0.15) is 0 Å². The number of pyridine rings is 1. The number of amides is 1. The summed E-state index contributed by atoms with van der Waals surface area (Å²) < 4.78 is 47.8. The Morgan fingerprint density at radius 1 is 1.37 bits per heavy atom. The molecule has 1 unspecified atom stereocenters. The normalized spacial score (nSPS) is 20.1. The van der Waals surface area contributed by atoms with Gasteiger partial charge in [-0.1, -0.05) is 0 Å². The first-order valence-corrected chi connectivity index (χ1v) is 7.78. The first-order chi connectivity index (χ1) is 8.74. The summed E-state index contributed by atoms with van der Waals surface area (Å²) in [7, 11) is 1.40. The fraction of sp³-hybridized carbons (Fsp3) is 0.400. The van der Waals surface area contributed by atoms with Crippen LogP contribution in [-0.4, -0.2) is 31.6 Å². The zero-order chi connectivity index (χ0) is 14.2. The Morgan fingerprint density at radius 3 is 2.47 bits per heavy atom. The second-order valence-electron chi connectivity index (χ2n) is 4.25. The summed E-state index contributed by atoms with van der Waals surface area (Å²) >= 11 is 0. The van der Waals surface area contributed by atoms with E-state index in [1.54, 1.807) is 0 Å². The summed E-state index contributed by atoms with van der Waals surface area (Å²) in [6.07, 6.45) is -0.0302. The first-order valence-electron chi connectivity index (χ1n) is 5.30. The Bertz CT molecular complexity index is 603. The van der Waals surface area contributed by atoms with Crippen LogP contribution in [0, 0.1) is 17.8 Å². The Balaban J connectivity index is 2.20. The number of halogens is 3. The number of carbonyl (C=O) groups is 1. The largest absolute Gasteiger partial charge is 0.312 e. The molecule has 0 spiro atoms. The van der Waals surface area contributed by atoms with Crippen LogP contribution in [0.2, 0.25) is 0 Å². The standard InChI is InChI=1S/C10H9ClF2N2O3S/c11-19(17,18)5-6-1-10(16)15(4-6)7-2-8(12)14-9(13)3-7/h2-3,6H,1,4-5H2. The van der Waals surface area contributed by atoms with Gasteiger partial charge < -0.3 is 4.90 Å². The predicted molar refractivity (Wildman–Crippen MR) is 64.3 cm³/mol. The van der Waals surface area contributed by atoms with E-state index in [0.717, 1.165) is 17.0 Å². The Hall–Kier alpha value is -1.28. The second-order valence-corrected chi connectivity index (χ2v) is 7.07. The van der Waals surface area contributed by atoms with Gasteiger partial charge in [-0.25, -0.2) is 8.42 Å². The monoisotopic (exact) mass is 310 g/mol. The highest BCUT2D eigenvalue weighted by Gasteiger charge is 2.33. The van der Waals surface area contributed by atoms with Crippen LogP contribution in [0.25, 0.3) is 0 Å². The molecular weight excluding hydrogens is 302 g/mol. The Morgan fingerprint density at radius 2 is 1.95 bits per heavy atom. The smallest absolute Gasteiger partial charge is 0.232 e. The molecule has 0 aliphatic carbocycles. The number of anilines is 1. The molecule has 0 bridgehead atoms. The number of carbonyl (C=O) groups excluding carboxylic acids is 1. The number of hydrogen-bond acceptors (Lipinski definition) is 4. The van der Waals surface area contributed by atoms with Gasteiger partial charge in [-0.3, -0.25) is 4.79 Å². The third-order valence-corrected chi connectivity index (χ3v) is 3.95. The van der Waals surface area contributed by atoms with Crippen molar-refractivity contribution in [3.8, 4) is 0 Å². The lowest BCUT2D eigenvalue weighted by molar-refractivity contribution is -0.117. The number of rotatable bonds is 3. The second kappa shape index (κ2) is 5.01. The Kier molecular flexibility index (Phi) is 3.73. The fourth-order valence-corrected chi connectivity index (χ4v) is 3.35. The number of hydrogen-bond donors (Lipinski definition) is 0. The SMILES string of the molecule is O=C1CC(CS(=O)(=O)Cl)CN1c1cc(F)nc(F)c1. The molecule has 1 amide bonds. The van der Waals surface area contributed by atoms with E-state index in [0.29, 0.717) is 0 Å². The highest BCUT2D eigenvalue weighted by atomic mass is 35.7. The maximum absolute atomic E-state index is 13.0. The van der Waals surface area contributed by atoms with Crippen LogP contribution in [0.3, 0.4) is 0 Å². The fourth-order valence-electron chi connectivity index (χ4n) is 2.03. The summed E-state index contributed by atoms with van der Waals surface area (Å²) in [4.78, 5) is 15.8. The molecule has 1 aliphatic rings. The van der Waals surface area contributed by atoms with Gasteiger partial charge in [0.05, 0.1) is 11.4 Å². The van der Waals surface area contributed by atoms with Crippen LogP contribution >= 0.6 is 10.7 Å². The van der Waals surface area contributed by atoms with Crippen molar-refractivity contribution in [2.24, 2.45) is 5.92 Å². The number of nitrogens with zero attached hydrogens (tertiary/aromatic N) is 2. The van der Waals surface area contributed by atoms with Crippen LogP contribution in [0.4, 0.5) is 14.5 Å². The lowest BCUT2D eigenvalue weighted by Crippen LogP contribution is -2.25. The van der Waals surface area contributed by atoms with Crippen molar-refractivity contribution >= 4 is 31.3 Å². The summed E-state index contributed by atoms with van der Waals surface area (Å²) in [5.41, 5.74) is 0.0180. The maximum atomic E-state index is 13.0. The molecule has 0 aromatic carbocycles. The minimum Gasteiger partial charge on any atom is -0.312 e. The van der Waals surface area contributed by atoms with Crippen molar-refractivity contribution in [2.45, 2.75) is 6.42 Å². The van der Waals surface area contributed by atoms with Crippen molar-refractivity contribution in [1.29, 1.82) is 0 Å².